The number of nitrogens with one attached hydrogen (secondary N) is 1. The van der Waals surface area contributed by atoms with Gasteiger partial charge in [0, 0.05) is 50.5 Å². The fourth-order valence-electron chi connectivity index (χ4n) is 4.14. The molecule has 10 nitrogen and oxygen atoms in total. The molecule has 0 aliphatic carbocycles. The van der Waals surface area contributed by atoms with Gasteiger partial charge in [-0.2, -0.15) is 0 Å². The quantitative estimate of drug-likeness (QED) is 0.229. The maximum absolute atomic E-state index is 13.4. The molecule has 1 aromatic heterocycles. The van der Waals surface area contributed by atoms with Crippen LogP contribution in [0.2, 0.25) is 0 Å². The van der Waals surface area contributed by atoms with Gasteiger partial charge in [0.05, 0.1) is 37.3 Å². The highest BCUT2D eigenvalue weighted by Gasteiger charge is 2.20. The smallest absolute Gasteiger partial charge is 0.247 e. The predicted molar refractivity (Wildman–Crippen MR) is 161 cm³/mol. The Morgan fingerprint density at radius 3 is 2.39 bits per heavy atom. The zero-order chi connectivity index (χ0) is 30.1. The summed E-state index contributed by atoms with van der Waals surface area (Å²) in [5.74, 6) is 1.40. The molecule has 0 unspecified atom stereocenters. The number of carbonyl (C=O) groups excluding carboxylic acids is 2. The number of hydrogen-bond donors (Lipinski definition) is 1. The molecular formula is C31H39N5O5. The highest BCUT2D eigenvalue weighted by atomic mass is 16.5. The Bertz CT molecular complexity index is 1390. The molecule has 0 saturated heterocycles. The number of ketones is 1. The van der Waals surface area contributed by atoms with Gasteiger partial charge in [0.25, 0.3) is 0 Å². The van der Waals surface area contributed by atoms with Crippen LogP contribution in [0, 0.1) is 0 Å². The first-order chi connectivity index (χ1) is 19.6. The van der Waals surface area contributed by atoms with Crippen molar-refractivity contribution in [2.45, 2.75) is 26.4 Å². The Balaban J connectivity index is 1.95. The molecule has 3 aromatic rings. The van der Waals surface area contributed by atoms with E-state index in [1.807, 2.05) is 52.0 Å². The summed E-state index contributed by atoms with van der Waals surface area (Å²) >= 11 is 0. The minimum Gasteiger partial charge on any atom is -0.496 e. The van der Waals surface area contributed by atoms with E-state index in [-0.39, 0.29) is 29.9 Å². The summed E-state index contributed by atoms with van der Waals surface area (Å²) < 4.78 is 16.9. The van der Waals surface area contributed by atoms with Crippen LogP contribution in [-0.4, -0.2) is 81.1 Å². The van der Waals surface area contributed by atoms with Crippen LogP contribution < -0.4 is 24.4 Å². The first-order valence-corrected chi connectivity index (χ1v) is 13.3. The molecular weight excluding hydrogens is 522 g/mol. The summed E-state index contributed by atoms with van der Waals surface area (Å²) in [5, 5.41) is 2.90. The molecule has 0 radical (unpaired) electrons. The second-order valence-electron chi connectivity index (χ2n) is 9.99. The van der Waals surface area contributed by atoms with E-state index in [2.05, 4.69) is 26.8 Å². The largest absolute Gasteiger partial charge is 0.496 e. The Labute approximate surface area is 242 Å². The number of aromatic nitrogens is 2. The van der Waals surface area contributed by atoms with E-state index in [0.29, 0.717) is 34.3 Å². The molecule has 0 aliphatic rings. The number of hydrogen-bond acceptors (Lipinski definition) is 9. The average Bonchev–Trinajstić information content (AvgIpc) is 2.95. The number of nitrogens with zero attached hydrogens (tertiary/aromatic N) is 4. The van der Waals surface area contributed by atoms with E-state index >= 15 is 0 Å². The molecule has 1 N–H and O–H groups in total. The van der Waals surface area contributed by atoms with Crippen LogP contribution in [0.3, 0.4) is 0 Å². The van der Waals surface area contributed by atoms with E-state index in [1.165, 1.54) is 13.2 Å². The predicted octanol–water partition coefficient (Wildman–Crippen LogP) is 4.23. The fraction of sp³-hybridized carbons (Fsp3) is 0.355. The molecule has 0 spiro atoms. The van der Waals surface area contributed by atoms with Crippen LogP contribution in [0.5, 0.6) is 17.2 Å². The zero-order valence-electron chi connectivity index (χ0n) is 24.9. The van der Waals surface area contributed by atoms with Gasteiger partial charge >= 0.3 is 0 Å². The summed E-state index contributed by atoms with van der Waals surface area (Å²) in [6, 6.07) is 10.4. The number of amides is 1. The maximum atomic E-state index is 13.4. The van der Waals surface area contributed by atoms with Crippen molar-refractivity contribution in [2.75, 3.05) is 58.7 Å². The molecule has 0 saturated carbocycles. The number of anilines is 2. The number of methoxy groups -OCH3 is 2. The first kappa shape index (κ1) is 31.1. The summed E-state index contributed by atoms with van der Waals surface area (Å²) in [4.78, 5) is 38.8. The Kier molecular flexibility index (Phi) is 10.8. The molecule has 0 atom stereocenters. The van der Waals surface area contributed by atoms with E-state index < -0.39 is 0 Å². The van der Waals surface area contributed by atoms with Crippen molar-refractivity contribution < 1.29 is 23.8 Å². The first-order valence-electron chi connectivity index (χ1n) is 13.3. The molecule has 2 aromatic carbocycles. The molecule has 3 rings (SSSR count). The van der Waals surface area contributed by atoms with Crippen molar-refractivity contribution in [3.8, 4) is 17.2 Å². The van der Waals surface area contributed by atoms with Crippen molar-refractivity contribution in [1.29, 1.82) is 0 Å². The van der Waals surface area contributed by atoms with Crippen molar-refractivity contribution in [2.24, 2.45) is 0 Å². The molecule has 1 heterocycles. The van der Waals surface area contributed by atoms with Crippen molar-refractivity contribution in [3.63, 3.8) is 0 Å². The third-order valence-corrected chi connectivity index (χ3v) is 6.21. The Morgan fingerprint density at radius 2 is 1.76 bits per heavy atom. The summed E-state index contributed by atoms with van der Waals surface area (Å²) in [6.45, 7) is 8.98. The summed E-state index contributed by atoms with van der Waals surface area (Å²) in [5.41, 5.74) is 2.74. The van der Waals surface area contributed by atoms with E-state index in [9.17, 15) is 9.59 Å². The number of benzene rings is 2. The molecule has 0 fully saturated rings. The number of ether oxygens (including phenoxy) is 3. The van der Waals surface area contributed by atoms with Gasteiger partial charge < -0.3 is 29.3 Å². The van der Waals surface area contributed by atoms with Gasteiger partial charge in [0.15, 0.2) is 0 Å². The lowest BCUT2D eigenvalue weighted by atomic mass is 10.0. The van der Waals surface area contributed by atoms with Gasteiger partial charge in [-0.1, -0.05) is 6.58 Å². The summed E-state index contributed by atoms with van der Waals surface area (Å²) in [6.07, 6.45) is 3.03. The lowest BCUT2D eigenvalue weighted by Crippen LogP contribution is -2.29. The highest BCUT2D eigenvalue weighted by molar-refractivity contribution is 6.09. The molecule has 0 aliphatic heterocycles. The number of carbonyl (C=O) groups is 2. The zero-order valence-corrected chi connectivity index (χ0v) is 24.9. The second kappa shape index (κ2) is 14.3. The molecule has 10 heteroatoms. The minimum absolute atomic E-state index is 0.0132. The second-order valence-corrected chi connectivity index (χ2v) is 9.99. The van der Waals surface area contributed by atoms with Crippen LogP contribution in [0.4, 0.5) is 11.4 Å². The van der Waals surface area contributed by atoms with Crippen LogP contribution in [0.25, 0.3) is 0 Å². The standard InChI is InChI=1S/C31H39N5O5/c1-9-30(37)34-25-16-21(27(39-7)19-26(25)36(6)15-14-35(4)5)17-29-32-13-12-24(33-29)31(38)23-11-10-22(41-20(2)3)18-28(23)40-8/h9-13,16,18-20H,1,14-15,17H2,2-8H3,(H,34,37). The van der Waals surface area contributed by atoms with Crippen LogP contribution >= 0.6 is 0 Å². The summed E-state index contributed by atoms with van der Waals surface area (Å²) in [7, 11) is 9.05. The topological polar surface area (TPSA) is 106 Å². The van der Waals surface area contributed by atoms with Crippen molar-refractivity contribution in [3.05, 3.63) is 77.9 Å². The van der Waals surface area contributed by atoms with Gasteiger partial charge in [-0.15, -0.1) is 0 Å². The lowest BCUT2D eigenvalue weighted by molar-refractivity contribution is -0.111. The van der Waals surface area contributed by atoms with Crippen LogP contribution in [0.1, 0.15) is 41.3 Å². The fourth-order valence-corrected chi connectivity index (χ4v) is 4.14. The minimum atomic E-state index is -0.328. The average molecular weight is 562 g/mol. The molecule has 218 valence electrons. The third kappa shape index (κ3) is 8.28. The van der Waals surface area contributed by atoms with Crippen LogP contribution in [0.15, 0.2) is 55.3 Å². The Morgan fingerprint density at radius 1 is 1.02 bits per heavy atom. The molecule has 1 amide bonds. The van der Waals surface area contributed by atoms with E-state index in [1.54, 1.807) is 37.6 Å². The van der Waals surface area contributed by atoms with Gasteiger partial charge in [-0.3, -0.25) is 9.59 Å². The van der Waals surface area contributed by atoms with Gasteiger partial charge in [-0.05, 0) is 58.3 Å². The monoisotopic (exact) mass is 561 g/mol. The maximum Gasteiger partial charge on any atom is 0.247 e. The van der Waals surface area contributed by atoms with E-state index in [0.717, 1.165) is 24.3 Å². The highest BCUT2D eigenvalue weighted by Crippen LogP contribution is 2.35. The Hall–Kier alpha value is -4.44. The lowest BCUT2D eigenvalue weighted by Gasteiger charge is -2.25. The van der Waals surface area contributed by atoms with Crippen molar-refractivity contribution >= 4 is 23.1 Å². The van der Waals surface area contributed by atoms with Gasteiger partial charge in [0.2, 0.25) is 11.7 Å². The molecule has 0 bridgehead atoms. The normalized spacial score (nSPS) is 10.9. The molecule has 41 heavy (non-hydrogen) atoms. The van der Waals surface area contributed by atoms with Crippen molar-refractivity contribution in [1.82, 2.24) is 14.9 Å². The number of likely N-dealkylation sites (N-methyl/N-ethyl adjacent to an activating group) is 2. The number of rotatable bonds is 14. The SMILES string of the molecule is C=CC(=O)Nc1cc(Cc2nccc(C(=O)c3ccc(OC(C)C)cc3OC)n2)c(OC)cc1N(C)CCN(C)C. The van der Waals surface area contributed by atoms with Crippen LogP contribution in [-0.2, 0) is 11.2 Å². The van der Waals surface area contributed by atoms with Gasteiger partial charge in [-0.25, -0.2) is 9.97 Å². The van der Waals surface area contributed by atoms with Gasteiger partial charge in [0.1, 0.15) is 28.8 Å². The third-order valence-electron chi connectivity index (χ3n) is 6.21. The van der Waals surface area contributed by atoms with E-state index in [4.69, 9.17) is 14.2 Å².